The summed E-state index contributed by atoms with van der Waals surface area (Å²) in [7, 11) is 0. The van der Waals surface area contributed by atoms with Crippen molar-refractivity contribution in [3.8, 4) is 6.07 Å². The number of aromatic nitrogens is 2. The number of pyridine rings is 2. The molecule has 4 rings (SSSR count). The Hall–Kier alpha value is -3.75. The van der Waals surface area contributed by atoms with Gasteiger partial charge in [0.15, 0.2) is 0 Å². The van der Waals surface area contributed by atoms with E-state index in [1.807, 2.05) is 6.07 Å². The molecule has 0 saturated heterocycles. The van der Waals surface area contributed by atoms with Crippen molar-refractivity contribution < 1.29 is 13.2 Å². The van der Waals surface area contributed by atoms with E-state index in [0.29, 0.717) is 56.4 Å². The fourth-order valence-corrected chi connectivity index (χ4v) is 4.48. The molecule has 0 unspecified atom stereocenters. The van der Waals surface area contributed by atoms with Gasteiger partial charge in [0.05, 0.1) is 40.1 Å². The van der Waals surface area contributed by atoms with Gasteiger partial charge in [0.1, 0.15) is 6.07 Å². The first kappa shape index (κ1) is 28.3. The number of nitrogens with one attached hydrogen (secondary N) is 4. The predicted octanol–water partition coefficient (Wildman–Crippen LogP) is 6.04. The van der Waals surface area contributed by atoms with Gasteiger partial charge in [-0.2, -0.15) is 9.65 Å². The lowest BCUT2D eigenvalue weighted by Gasteiger charge is -2.24. The molecule has 1 atom stereocenters. The molecule has 0 saturated carbocycles. The highest BCUT2D eigenvalue weighted by atomic mass is 35.5. The van der Waals surface area contributed by atoms with Crippen LogP contribution in [0.4, 0.5) is 24.5 Å². The van der Waals surface area contributed by atoms with Gasteiger partial charge < -0.3 is 16.1 Å². The number of hydrogen-bond acceptors (Lipinski definition) is 8. The van der Waals surface area contributed by atoms with Crippen molar-refractivity contribution in [2.24, 2.45) is 5.41 Å². The quantitative estimate of drug-likeness (QED) is 0.248. The number of nitriles is 1. The molecule has 1 aliphatic heterocycles. The monoisotopic (exact) mass is 558 g/mol. The molecule has 3 aromatic rings. The lowest BCUT2D eigenvalue weighted by Crippen LogP contribution is -2.42. The molecule has 1 aliphatic rings. The maximum absolute atomic E-state index is 13.8. The number of benzene rings is 1. The van der Waals surface area contributed by atoms with Crippen LogP contribution in [0.2, 0.25) is 5.02 Å². The van der Waals surface area contributed by atoms with Crippen LogP contribution in [-0.2, 0) is 0 Å². The summed E-state index contributed by atoms with van der Waals surface area (Å²) in [6.45, 7) is 8.76. The summed E-state index contributed by atoms with van der Waals surface area (Å²) in [5.74, 6) is -3.57. The zero-order valence-corrected chi connectivity index (χ0v) is 23.0. The second-order valence-electron chi connectivity index (χ2n) is 10.8. The molecular formula is C27H30ClF3N8. The van der Waals surface area contributed by atoms with Crippen LogP contribution in [0, 0.1) is 29.6 Å². The zero-order valence-electron chi connectivity index (χ0n) is 22.3. The average Bonchev–Trinajstić information content (AvgIpc) is 3.27. The summed E-state index contributed by atoms with van der Waals surface area (Å²) in [6.07, 6.45) is 3.01. The van der Waals surface area contributed by atoms with E-state index >= 15 is 0 Å². The third-order valence-electron chi connectivity index (χ3n) is 5.95. The van der Waals surface area contributed by atoms with Crippen molar-refractivity contribution in [1.82, 2.24) is 25.9 Å². The second-order valence-corrected chi connectivity index (χ2v) is 11.2. The Balaban J connectivity index is 1.79. The standard InChI is InChI=1S/C27H30ClF3N8/c1-15-18(6-7-22(29)35-15)25(21-12-39(38-37-21)14-27(5,30)31)36-17-8-19-23(34-13-26(2,3)4)16(10-32)11-33-24(19)20(28)9-17/h6-9,11-12,25,36-38H,13-14H2,1-5H3,(H,33,34)/t25-/m0/s1. The molecular weight excluding hydrogens is 529 g/mol. The summed E-state index contributed by atoms with van der Waals surface area (Å²) in [4.78, 5) is 8.33. The molecule has 1 aromatic carbocycles. The third-order valence-corrected chi connectivity index (χ3v) is 6.24. The average molecular weight is 559 g/mol. The number of rotatable bonds is 8. The van der Waals surface area contributed by atoms with E-state index in [0.717, 1.165) is 6.92 Å². The molecule has 39 heavy (non-hydrogen) atoms. The Morgan fingerprint density at radius 1 is 1.21 bits per heavy atom. The largest absolute Gasteiger partial charge is 0.383 e. The molecule has 12 heteroatoms. The Kier molecular flexibility index (Phi) is 7.82. The maximum atomic E-state index is 13.8. The summed E-state index contributed by atoms with van der Waals surface area (Å²) in [6, 6.07) is 7.87. The van der Waals surface area contributed by atoms with Crippen LogP contribution < -0.4 is 21.6 Å². The summed E-state index contributed by atoms with van der Waals surface area (Å²) in [5, 5.41) is 18.7. The predicted molar refractivity (Wildman–Crippen MR) is 146 cm³/mol. The van der Waals surface area contributed by atoms with Gasteiger partial charge in [0, 0.05) is 48.2 Å². The minimum Gasteiger partial charge on any atom is -0.383 e. The first-order valence-electron chi connectivity index (χ1n) is 12.3. The topological polar surface area (TPSA) is 101 Å². The minimum atomic E-state index is -2.94. The third kappa shape index (κ3) is 6.82. The summed E-state index contributed by atoms with van der Waals surface area (Å²) in [5.41, 5.74) is 9.19. The molecule has 3 heterocycles. The number of anilines is 2. The molecule has 0 radical (unpaired) electrons. The van der Waals surface area contributed by atoms with Crippen LogP contribution >= 0.6 is 11.6 Å². The Morgan fingerprint density at radius 2 is 1.95 bits per heavy atom. The number of halogens is 4. The van der Waals surface area contributed by atoms with Crippen LogP contribution in [-0.4, -0.2) is 34.0 Å². The summed E-state index contributed by atoms with van der Waals surface area (Å²) >= 11 is 6.65. The molecule has 8 nitrogen and oxygen atoms in total. The molecule has 2 aromatic heterocycles. The van der Waals surface area contributed by atoms with Crippen molar-refractivity contribution in [3.63, 3.8) is 0 Å². The number of alkyl halides is 2. The highest BCUT2D eigenvalue weighted by Gasteiger charge is 2.30. The first-order chi connectivity index (χ1) is 18.2. The molecule has 0 fully saturated rings. The fraction of sp³-hybridized carbons (Fsp3) is 0.370. The van der Waals surface area contributed by atoms with E-state index in [9.17, 15) is 18.4 Å². The van der Waals surface area contributed by atoms with E-state index in [1.165, 1.54) is 23.5 Å². The highest BCUT2D eigenvalue weighted by molar-refractivity contribution is 6.35. The van der Waals surface area contributed by atoms with Gasteiger partial charge in [0.25, 0.3) is 5.92 Å². The molecule has 0 amide bonds. The fourth-order valence-electron chi connectivity index (χ4n) is 4.21. The van der Waals surface area contributed by atoms with Gasteiger partial charge >= 0.3 is 0 Å². The number of fused-ring (bicyclic) bond motifs is 1. The van der Waals surface area contributed by atoms with E-state index in [4.69, 9.17) is 11.6 Å². The number of hydrogen-bond donors (Lipinski definition) is 4. The van der Waals surface area contributed by atoms with Crippen molar-refractivity contribution in [2.75, 3.05) is 23.7 Å². The van der Waals surface area contributed by atoms with Crippen molar-refractivity contribution in [3.05, 3.63) is 70.2 Å². The van der Waals surface area contributed by atoms with Crippen LogP contribution in [0.3, 0.4) is 0 Å². The van der Waals surface area contributed by atoms with Crippen LogP contribution in [0.25, 0.3) is 10.9 Å². The van der Waals surface area contributed by atoms with Crippen LogP contribution in [0.1, 0.15) is 50.6 Å². The van der Waals surface area contributed by atoms with Crippen molar-refractivity contribution >= 4 is 33.9 Å². The lowest BCUT2D eigenvalue weighted by molar-refractivity contribution is -0.0136. The Bertz CT molecular complexity index is 1460. The highest BCUT2D eigenvalue weighted by Crippen LogP contribution is 2.36. The molecule has 4 N–H and O–H groups in total. The Morgan fingerprint density at radius 3 is 2.59 bits per heavy atom. The molecule has 0 aliphatic carbocycles. The molecule has 206 valence electrons. The normalized spacial score (nSPS) is 14.6. The van der Waals surface area contributed by atoms with Gasteiger partial charge in [-0.3, -0.25) is 9.99 Å². The van der Waals surface area contributed by atoms with Gasteiger partial charge in [-0.05, 0) is 30.5 Å². The number of aryl methyl sites for hydroxylation is 1. The van der Waals surface area contributed by atoms with Gasteiger partial charge in [-0.25, -0.2) is 13.8 Å². The van der Waals surface area contributed by atoms with Crippen molar-refractivity contribution in [1.29, 1.82) is 5.26 Å². The second kappa shape index (κ2) is 10.8. The smallest absolute Gasteiger partial charge is 0.264 e. The van der Waals surface area contributed by atoms with Gasteiger partial charge in [-0.1, -0.05) is 38.4 Å². The molecule has 0 spiro atoms. The van der Waals surface area contributed by atoms with Gasteiger partial charge in [-0.15, -0.1) is 5.53 Å². The zero-order chi connectivity index (χ0) is 28.5. The lowest BCUT2D eigenvalue weighted by atomic mass is 9.96. The summed E-state index contributed by atoms with van der Waals surface area (Å²) < 4.78 is 41.1. The van der Waals surface area contributed by atoms with Crippen LogP contribution in [0.15, 0.2) is 42.4 Å². The number of hydrazine groups is 2. The SMILES string of the molecule is Cc1nc(F)ccc1[C@H](Nc1cc(Cl)c2ncc(C#N)c(NCC(C)(C)C)c2c1)C1=CN(CC(C)(F)F)NN1. The van der Waals surface area contributed by atoms with Crippen molar-refractivity contribution in [2.45, 2.75) is 46.6 Å². The molecule has 0 bridgehead atoms. The minimum absolute atomic E-state index is 0.0605. The van der Waals surface area contributed by atoms with Crippen LogP contribution in [0.5, 0.6) is 0 Å². The first-order valence-corrected chi connectivity index (χ1v) is 12.7. The van der Waals surface area contributed by atoms with E-state index in [-0.39, 0.29) is 5.41 Å². The maximum Gasteiger partial charge on any atom is 0.264 e. The van der Waals surface area contributed by atoms with E-state index < -0.39 is 24.5 Å². The Labute approximate surface area is 230 Å². The number of nitrogens with zero attached hydrogens (tertiary/aromatic N) is 4. The van der Waals surface area contributed by atoms with E-state index in [1.54, 1.807) is 19.1 Å². The van der Waals surface area contributed by atoms with Gasteiger partial charge in [0.2, 0.25) is 5.95 Å². The van der Waals surface area contributed by atoms with E-state index in [2.05, 4.69) is 58.4 Å².